The maximum Gasteiger partial charge on any atom is 0.326 e. The summed E-state index contributed by atoms with van der Waals surface area (Å²) in [7, 11) is 0. The molecular weight excluding hydrogens is 383 g/mol. The number of carbonyl (C=O) groups is 1. The number of benzene rings is 2. The number of hydrogen-bond acceptors (Lipinski definition) is 4. The topological polar surface area (TPSA) is 79.9 Å². The lowest BCUT2D eigenvalue weighted by Gasteiger charge is -2.31. The second-order valence-electron chi connectivity index (χ2n) is 6.49. The molecule has 30 heavy (non-hydrogen) atoms. The predicted octanol–water partition coefficient (Wildman–Crippen LogP) is 5.83. The van der Waals surface area contributed by atoms with Gasteiger partial charge in [-0.15, -0.1) is 0 Å². The number of aryl methyl sites for hydroxylation is 1. The fourth-order valence-corrected chi connectivity index (χ4v) is 3.01. The molecule has 0 aromatic heterocycles. The highest BCUT2D eigenvalue weighted by Crippen LogP contribution is 2.34. The number of hydrogen-bond donors (Lipinski definition) is 2. The molecule has 0 unspecified atom stereocenters. The zero-order chi connectivity index (χ0) is 22.3. The van der Waals surface area contributed by atoms with E-state index < -0.39 is 5.83 Å². The van der Waals surface area contributed by atoms with E-state index in [1.807, 2.05) is 39.0 Å². The van der Waals surface area contributed by atoms with Gasteiger partial charge in [-0.1, -0.05) is 26.0 Å². The van der Waals surface area contributed by atoms with E-state index in [-0.39, 0.29) is 18.3 Å². The minimum atomic E-state index is -0.395. The largest absolute Gasteiger partial charge is 0.487 e. The molecule has 0 radical (unpaired) electrons. The number of rotatable bonds is 5. The summed E-state index contributed by atoms with van der Waals surface area (Å²) in [4.78, 5) is 18.2. The van der Waals surface area contributed by atoms with Gasteiger partial charge in [-0.05, 0) is 44.5 Å². The van der Waals surface area contributed by atoms with Crippen LogP contribution in [-0.4, -0.2) is 18.9 Å². The molecule has 0 aliphatic carbocycles. The molecule has 1 aliphatic heterocycles. The minimum Gasteiger partial charge on any atom is -0.487 e. The SMILES string of the molecule is CC.CC=N/C(COc1ccc(C)c(N2Cc3c(N)cccc3NC2=O)c1)=C(\C)F. The molecular formula is C23H29FN4O2. The molecule has 7 heteroatoms. The first-order valence-corrected chi connectivity index (χ1v) is 9.94. The van der Waals surface area contributed by atoms with Gasteiger partial charge < -0.3 is 15.8 Å². The van der Waals surface area contributed by atoms with E-state index in [1.54, 1.807) is 30.0 Å². The van der Waals surface area contributed by atoms with Crippen molar-refractivity contribution in [2.24, 2.45) is 4.99 Å². The fraction of sp³-hybridized carbons (Fsp3) is 0.304. The molecule has 1 aliphatic rings. The van der Waals surface area contributed by atoms with Gasteiger partial charge in [0, 0.05) is 29.2 Å². The highest BCUT2D eigenvalue weighted by molar-refractivity contribution is 6.05. The van der Waals surface area contributed by atoms with Crippen LogP contribution in [0, 0.1) is 6.92 Å². The van der Waals surface area contributed by atoms with Crippen LogP contribution in [0.1, 0.15) is 38.8 Å². The van der Waals surface area contributed by atoms with Crippen LogP contribution in [0.2, 0.25) is 0 Å². The van der Waals surface area contributed by atoms with Crippen LogP contribution in [0.3, 0.4) is 0 Å². The van der Waals surface area contributed by atoms with Crippen molar-refractivity contribution in [3.05, 3.63) is 59.0 Å². The number of carbonyl (C=O) groups excluding carboxylic acids is 1. The third-order valence-corrected chi connectivity index (χ3v) is 4.54. The quantitative estimate of drug-likeness (QED) is 0.479. The molecule has 0 fully saturated rings. The van der Waals surface area contributed by atoms with Crippen LogP contribution < -0.4 is 20.7 Å². The van der Waals surface area contributed by atoms with Crippen molar-refractivity contribution in [1.82, 2.24) is 0 Å². The van der Waals surface area contributed by atoms with E-state index in [9.17, 15) is 9.18 Å². The summed E-state index contributed by atoms with van der Waals surface area (Å²) in [6.07, 6.45) is 1.52. The third kappa shape index (κ3) is 5.17. The first-order valence-electron chi connectivity index (χ1n) is 9.94. The highest BCUT2D eigenvalue weighted by Gasteiger charge is 2.26. The summed E-state index contributed by atoms with van der Waals surface area (Å²) in [5, 5.41) is 2.87. The normalized spacial score (nSPS) is 13.8. The Kier molecular flexibility index (Phi) is 7.98. The smallest absolute Gasteiger partial charge is 0.326 e. The van der Waals surface area contributed by atoms with E-state index in [0.717, 1.165) is 16.8 Å². The Balaban J connectivity index is 0.00000155. The summed E-state index contributed by atoms with van der Waals surface area (Å²) >= 11 is 0. The molecule has 2 aromatic carbocycles. The van der Waals surface area contributed by atoms with Gasteiger partial charge in [-0.2, -0.15) is 0 Å². The number of aliphatic imine (C=N–C) groups is 1. The Hall–Kier alpha value is -3.35. The number of amides is 2. The van der Waals surface area contributed by atoms with Gasteiger partial charge >= 0.3 is 6.03 Å². The highest BCUT2D eigenvalue weighted by atomic mass is 19.1. The van der Waals surface area contributed by atoms with E-state index in [4.69, 9.17) is 10.5 Å². The number of anilines is 3. The standard InChI is InChI=1S/C21H23FN4O2.C2H6/c1-4-24-19(14(3)22)12-28-15-9-8-13(2)20(10-15)26-11-16-17(23)6-5-7-18(16)25-21(26)27;1-2/h4-10H,11-12,23H2,1-3H3,(H,25,27);1-2H3/b19-14+,24-4?;. The maximum atomic E-state index is 13.5. The number of urea groups is 1. The van der Waals surface area contributed by atoms with Gasteiger partial charge in [0.05, 0.1) is 12.2 Å². The van der Waals surface area contributed by atoms with Crippen molar-refractivity contribution in [3.63, 3.8) is 0 Å². The first-order chi connectivity index (χ1) is 14.4. The van der Waals surface area contributed by atoms with Crippen molar-refractivity contribution < 1.29 is 13.9 Å². The first kappa shape index (κ1) is 22.9. The maximum absolute atomic E-state index is 13.5. The summed E-state index contributed by atoms with van der Waals surface area (Å²) in [6, 6.07) is 10.6. The van der Waals surface area contributed by atoms with Gasteiger partial charge in [0.15, 0.2) is 0 Å². The predicted molar refractivity (Wildman–Crippen MR) is 122 cm³/mol. The van der Waals surface area contributed by atoms with Crippen LogP contribution >= 0.6 is 0 Å². The molecule has 2 amide bonds. The van der Waals surface area contributed by atoms with Gasteiger partial charge in [0.1, 0.15) is 23.9 Å². The molecule has 0 saturated heterocycles. The number of nitrogen functional groups attached to an aromatic ring is 1. The second kappa shape index (κ2) is 10.4. The van der Waals surface area contributed by atoms with Crippen molar-refractivity contribution in [3.8, 4) is 5.75 Å². The number of fused-ring (bicyclic) bond motifs is 1. The third-order valence-electron chi connectivity index (χ3n) is 4.54. The van der Waals surface area contributed by atoms with Crippen LogP contribution in [0.5, 0.6) is 5.75 Å². The zero-order valence-electron chi connectivity index (χ0n) is 18.1. The van der Waals surface area contributed by atoms with E-state index in [1.165, 1.54) is 13.1 Å². The van der Waals surface area contributed by atoms with Gasteiger partial charge in [-0.3, -0.25) is 9.89 Å². The van der Waals surface area contributed by atoms with E-state index >= 15 is 0 Å². The second-order valence-corrected chi connectivity index (χ2v) is 6.49. The molecule has 0 atom stereocenters. The molecule has 160 valence electrons. The van der Waals surface area contributed by atoms with Gasteiger partial charge in [-0.25, -0.2) is 9.18 Å². The number of halogens is 1. The average molecular weight is 413 g/mol. The van der Waals surface area contributed by atoms with Crippen LogP contribution in [0.25, 0.3) is 0 Å². The molecule has 6 nitrogen and oxygen atoms in total. The molecule has 3 rings (SSSR count). The minimum absolute atomic E-state index is 0.00283. The van der Waals surface area contributed by atoms with Gasteiger partial charge in [0.2, 0.25) is 0 Å². The zero-order valence-corrected chi connectivity index (χ0v) is 18.1. The Morgan fingerprint density at radius 1 is 1.33 bits per heavy atom. The summed E-state index contributed by atoms with van der Waals surface area (Å²) in [5.41, 5.74) is 10.1. The van der Waals surface area contributed by atoms with Gasteiger partial charge in [0.25, 0.3) is 0 Å². The number of nitrogens with two attached hydrogens (primary N) is 1. The van der Waals surface area contributed by atoms with E-state index in [0.29, 0.717) is 23.7 Å². The Bertz CT molecular complexity index is 966. The number of nitrogens with zero attached hydrogens (tertiary/aromatic N) is 2. The summed E-state index contributed by atoms with van der Waals surface area (Å²) in [6.45, 7) is 9.32. The monoisotopic (exact) mass is 412 g/mol. The van der Waals surface area contributed by atoms with E-state index in [2.05, 4.69) is 10.3 Å². The van der Waals surface area contributed by atoms with Crippen LogP contribution in [0.15, 0.2) is 52.9 Å². The van der Waals surface area contributed by atoms with Crippen molar-refractivity contribution in [2.45, 2.75) is 41.2 Å². The molecule has 0 spiro atoms. The molecule has 3 N–H and O–H groups in total. The van der Waals surface area contributed by atoms with Crippen LogP contribution in [-0.2, 0) is 6.54 Å². The fourth-order valence-electron chi connectivity index (χ4n) is 3.01. The molecule has 1 heterocycles. The molecule has 0 bridgehead atoms. The lowest BCUT2D eigenvalue weighted by Crippen LogP contribution is -2.39. The lowest BCUT2D eigenvalue weighted by atomic mass is 10.1. The number of allylic oxidation sites excluding steroid dienone is 1. The van der Waals surface area contributed by atoms with Crippen molar-refractivity contribution in [2.75, 3.05) is 22.6 Å². The Labute approximate surface area is 177 Å². The number of nitrogens with one attached hydrogen (secondary N) is 1. The molecule has 2 aromatic rings. The number of ether oxygens (including phenoxy) is 1. The Morgan fingerprint density at radius 3 is 2.73 bits per heavy atom. The molecule has 0 saturated carbocycles. The lowest BCUT2D eigenvalue weighted by molar-refractivity contribution is 0.256. The van der Waals surface area contributed by atoms with Crippen molar-refractivity contribution >= 4 is 29.3 Å². The van der Waals surface area contributed by atoms with Crippen LogP contribution in [0.4, 0.5) is 26.2 Å². The Morgan fingerprint density at radius 2 is 2.07 bits per heavy atom. The summed E-state index contributed by atoms with van der Waals surface area (Å²) in [5.74, 6) is 0.123. The average Bonchev–Trinajstić information content (AvgIpc) is 2.73. The van der Waals surface area contributed by atoms with Crippen molar-refractivity contribution in [1.29, 1.82) is 0 Å². The summed E-state index contributed by atoms with van der Waals surface area (Å²) < 4.78 is 19.2.